The van der Waals surface area contributed by atoms with E-state index < -0.39 is 6.10 Å². The number of benzene rings is 2. The van der Waals surface area contributed by atoms with Crippen LogP contribution in [0, 0.1) is 12.7 Å². The lowest BCUT2D eigenvalue weighted by Crippen LogP contribution is -2.04. The Morgan fingerprint density at radius 3 is 2.15 bits per heavy atom. The molecule has 1 N–H and O–H groups in total. The van der Waals surface area contributed by atoms with Gasteiger partial charge in [-0.2, -0.15) is 0 Å². The molecule has 1 unspecified atom stereocenters. The Balaban J connectivity index is 2.13. The molecule has 1 nitrogen and oxygen atoms in total. The Labute approximate surface area is 120 Å². The van der Waals surface area contributed by atoms with Crippen molar-refractivity contribution in [3.8, 4) is 0 Å². The summed E-state index contributed by atoms with van der Waals surface area (Å²) in [6.07, 6.45) is -0.0481. The lowest BCUT2D eigenvalue weighted by atomic mass is 9.95. The van der Waals surface area contributed by atoms with Crippen molar-refractivity contribution >= 4 is 0 Å². The van der Waals surface area contributed by atoms with E-state index in [4.69, 9.17) is 0 Å². The maximum absolute atomic E-state index is 13.1. The molecule has 2 aromatic rings. The van der Waals surface area contributed by atoms with E-state index in [2.05, 4.69) is 26.0 Å². The summed E-state index contributed by atoms with van der Waals surface area (Å²) in [7, 11) is 0. The molecule has 2 heteroatoms. The van der Waals surface area contributed by atoms with E-state index in [1.807, 2.05) is 19.1 Å². The van der Waals surface area contributed by atoms with Gasteiger partial charge in [0.15, 0.2) is 0 Å². The third-order valence-electron chi connectivity index (χ3n) is 3.71. The largest absolute Gasteiger partial charge is 0.388 e. The summed E-state index contributed by atoms with van der Waals surface area (Å²) in [5, 5.41) is 10.3. The van der Waals surface area contributed by atoms with Gasteiger partial charge in [0, 0.05) is 6.42 Å². The molecule has 1 atom stereocenters. The lowest BCUT2D eigenvalue weighted by Gasteiger charge is -2.14. The van der Waals surface area contributed by atoms with Crippen molar-refractivity contribution in [2.45, 2.75) is 39.2 Å². The molecule has 106 valence electrons. The predicted octanol–water partition coefficient (Wildman–Crippen LogP) is 4.53. The van der Waals surface area contributed by atoms with Gasteiger partial charge in [0.05, 0.1) is 6.10 Å². The fraction of sp³-hybridized carbons (Fsp3) is 0.333. The maximum atomic E-state index is 13.1. The average Bonchev–Trinajstić information content (AvgIpc) is 2.42. The molecule has 0 heterocycles. The summed E-state index contributed by atoms with van der Waals surface area (Å²) in [5.74, 6) is 0.252. The Hall–Kier alpha value is -1.67. The van der Waals surface area contributed by atoms with E-state index in [0.29, 0.717) is 12.3 Å². The molecular formula is C18H21FO. The topological polar surface area (TPSA) is 20.2 Å². The van der Waals surface area contributed by atoms with E-state index in [9.17, 15) is 9.50 Å². The quantitative estimate of drug-likeness (QED) is 0.866. The molecule has 0 aliphatic carbocycles. The second-order valence-corrected chi connectivity index (χ2v) is 5.61. The zero-order valence-electron chi connectivity index (χ0n) is 12.2. The third-order valence-corrected chi connectivity index (χ3v) is 3.71. The van der Waals surface area contributed by atoms with E-state index >= 15 is 0 Å². The first kappa shape index (κ1) is 14.7. The molecule has 0 saturated heterocycles. The first-order valence-corrected chi connectivity index (χ1v) is 7.00. The van der Waals surface area contributed by atoms with Crippen LogP contribution in [0.2, 0.25) is 0 Å². The van der Waals surface area contributed by atoms with Gasteiger partial charge in [-0.15, -0.1) is 0 Å². The molecule has 0 aliphatic rings. The second kappa shape index (κ2) is 6.19. The smallest absolute Gasteiger partial charge is 0.123 e. The zero-order valence-corrected chi connectivity index (χ0v) is 12.2. The summed E-state index contributed by atoms with van der Waals surface area (Å²) in [6, 6.07) is 12.7. The molecule has 20 heavy (non-hydrogen) atoms. The first-order valence-electron chi connectivity index (χ1n) is 7.00. The van der Waals surface area contributed by atoms with Crippen LogP contribution in [0.5, 0.6) is 0 Å². The van der Waals surface area contributed by atoms with Crippen LogP contribution in [0.4, 0.5) is 4.39 Å². The van der Waals surface area contributed by atoms with Gasteiger partial charge in [-0.1, -0.05) is 44.2 Å². The van der Waals surface area contributed by atoms with Crippen LogP contribution in [0.25, 0.3) is 0 Å². The van der Waals surface area contributed by atoms with Crippen LogP contribution in [0.3, 0.4) is 0 Å². The van der Waals surface area contributed by atoms with Gasteiger partial charge in [0.25, 0.3) is 0 Å². The Bertz CT molecular complexity index is 572. The fourth-order valence-corrected chi connectivity index (χ4v) is 2.32. The minimum atomic E-state index is -0.555. The normalized spacial score (nSPS) is 12.7. The highest BCUT2D eigenvalue weighted by atomic mass is 19.1. The standard InChI is InChI=1S/C18H21FO/c1-12(2)14-4-6-15(7-5-14)18(20)11-16-8-9-17(19)10-13(16)3/h4-10,12,18,20H,11H2,1-3H3. The molecule has 0 amide bonds. The monoisotopic (exact) mass is 272 g/mol. The summed E-state index contributed by atoms with van der Waals surface area (Å²) >= 11 is 0. The molecular weight excluding hydrogens is 251 g/mol. The SMILES string of the molecule is Cc1cc(F)ccc1CC(O)c1ccc(C(C)C)cc1. The van der Waals surface area contributed by atoms with Crippen LogP contribution < -0.4 is 0 Å². The van der Waals surface area contributed by atoms with E-state index in [1.54, 1.807) is 6.07 Å². The molecule has 0 aliphatic heterocycles. The molecule has 0 aromatic heterocycles. The molecule has 2 rings (SSSR count). The molecule has 0 saturated carbocycles. The van der Waals surface area contributed by atoms with E-state index in [1.165, 1.54) is 17.7 Å². The van der Waals surface area contributed by atoms with Crippen molar-refractivity contribution in [1.82, 2.24) is 0 Å². The van der Waals surface area contributed by atoms with Gasteiger partial charge in [-0.25, -0.2) is 4.39 Å². The van der Waals surface area contributed by atoms with Gasteiger partial charge in [-0.05, 0) is 47.2 Å². The second-order valence-electron chi connectivity index (χ2n) is 5.61. The Morgan fingerprint density at radius 2 is 1.60 bits per heavy atom. The number of halogens is 1. The highest BCUT2D eigenvalue weighted by Gasteiger charge is 2.11. The van der Waals surface area contributed by atoms with Crippen LogP contribution in [0.15, 0.2) is 42.5 Å². The number of aliphatic hydroxyl groups is 1. The van der Waals surface area contributed by atoms with Crippen LogP contribution in [-0.2, 0) is 6.42 Å². The van der Waals surface area contributed by atoms with Crippen molar-refractivity contribution in [1.29, 1.82) is 0 Å². The van der Waals surface area contributed by atoms with Crippen LogP contribution in [-0.4, -0.2) is 5.11 Å². The lowest BCUT2D eigenvalue weighted by molar-refractivity contribution is 0.178. The molecule has 0 fully saturated rings. The van der Waals surface area contributed by atoms with Crippen LogP contribution >= 0.6 is 0 Å². The van der Waals surface area contributed by atoms with Gasteiger partial charge in [0.2, 0.25) is 0 Å². The maximum Gasteiger partial charge on any atom is 0.123 e. The number of hydrogen-bond donors (Lipinski definition) is 1. The van der Waals surface area contributed by atoms with Gasteiger partial charge in [-0.3, -0.25) is 0 Å². The van der Waals surface area contributed by atoms with Gasteiger partial charge in [0.1, 0.15) is 5.82 Å². The summed E-state index contributed by atoms with van der Waals surface area (Å²) in [6.45, 7) is 6.16. The molecule has 2 aromatic carbocycles. The first-order chi connectivity index (χ1) is 9.47. The zero-order chi connectivity index (χ0) is 14.7. The number of aliphatic hydroxyl groups excluding tert-OH is 1. The van der Waals surface area contributed by atoms with Crippen molar-refractivity contribution < 1.29 is 9.50 Å². The van der Waals surface area contributed by atoms with Gasteiger partial charge < -0.3 is 5.11 Å². The van der Waals surface area contributed by atoms with Gasteiger partial charge >= 0.3 is 0 Å². The predicted molar refractivity (Wildman–Crippen MR) is 80.3 cm³/mol. The molecule has 0 bridgehead atoms. The molecule has 0 radical (unpaired) electrons. The summed E-state index contributed by atoms with van der Waals surface area (Å²) in [4.78, 5) is 0. The number of aryl methyl sites for hydroxylation is 1. The minimum absolute atomic E-state index is 0.234. The summed E-state index contributed by atoms with van der Waals surface area (Å²) < 4.78 is 13.1. The third kappa shape index (κ3) is 3.45. The van der Waals surface area contributed by atoms with Crippen molar-refractivity contribution in [2.75, 3.05) is 0 Å². The number of hydrogen-bond acceptors (Lipinski definition) is 1. The molecule has 0 spiro atoms. The Kier molecular flexibility index (Phi) is 4.56. The number of rotatable bonds is 4. The fourth-order valence-electron chi connectivity index (χ4n) is 2.32. The van der Waals surface area contributed by atoms with Crippen molar-refractivity contribution in [3.05, 3.63) is 70.5 Å². The van der Waals surface area contributed by atoms with Crippen LogP contribution in [0.1, 0.15) is 48.1 Å². The summed E-state index contributed by atoms with van der Waals surface area (Å²) in [5.41, 5.74) is 4.02. The Morgan fingerprint density at radius 1 is 1.00 bits per heavy atom. The highest BCUT2D eigenvalue weighted by molar-refractivity contribution is 5.31. The highest BCUT2D eigenvalue weighted by Crippen LogP contribution is 2.23. The van der Waals surface area contributed by atoms with Crippen molar-refractivity contribution in [2.24, 2.45) is 0 Å². The van der Waals surface area contributed by atoms with E-state index in [-0.39, 0.29) is 5.82 Å². The minimum Gasteiger partial charge on any atom is -0.388 e. The van der Waals surface area contributed by atoms with E-state index in [0.717, 1.165) is 16.7 Å². The average molecular weight is 272 g/mol. The van der Waals surface area contributed by atoms with Crippen molar-refractivity contribution in [3.63, 3.8) is 0 Å².